The van der Waals surface area contributed by atoms with E-state index < -0.39 is 20.6 Å². The quantitative estimate of drug-likeness (QED) is 0.671. The Hall–Kier alpha value is -2.20. The predicted molar refractivity (Wildman–Crippen MR) is 67.9 cm³/mol. The van der Waals surface area contributed by atoms with Gasteiger partial charge in [-0.05, 0) is 19.1 Å². The van der Waals surface area contributed by atoms with Crippen LogP contribution in [0.25, 0.3) is 0 Å². The van der Waals surface area contributed by atoms with Crippen LogP contribution in [0.4, 0.5) is 11.7 Å². The van der Waals surface area contributed by atoms with E-state index in [1.54, 1.807) is 0 Å². The van der Waals surface area contributed by atoms with Crippen molar-refractivity contribution >= 4 is 33.3 Å². The van der Waals surface area contributed by atoms with Crippen LogP contribution >= 0.6 is 11.6 Å². The van der Waals surface area contributed by atoms with Gasteiger partial charge >= 0.3 is 6.01 Å². The van der Waals surface area contributed by atoms with E-state index in [-0.39, 0.29) is 21.8 Å². The van der Waals surface area contributed by atoms with Gasteiger partial charge in [-0.15, -0.1) is 0 Å². The molecule has 0 unspecified atom stereocenters. The number of aryl methyl sites for hydroxylation is 1. The summed E-state index contributed by atoms with van der Waals surface area (Å²) in [5.41, 5.74) is -0.517. The number of nitrogens with zero attached hydrogens (tertiary/aromatic N) is 3. The first kappa shape index (κ1) is 14.2. The van der Waals surface area contributed by atoms with Gasteiger partial charge in [0.2, 0.25) is 0 Å². The molecule has 20 heavy (non-hydrogen) atoms. The zero-order chi connectivity index (χ0) is 14.9. The van der Waals surface area contributed by atoms with Gasteiger partial charge in [0, 0.05) is 6.07 Å². The van der Waals surface area contributed by atoms with E-state index in [1.807, 2.05) is 4.72 Å². The molecule has 0 amide bonds. The molecule has 0 aliphatic carbocycles. The minimum absolute atomic E-state index is 0.164. The van der Waals surface area contributed by atoms with E-state index >= 15 is 0 Å². The average molecular weight is 319 g/mol. The third-order valence-corrected chi connectivity index (χ3v) is 3.81. The summed E-state index contributed by atoms with van der Waals surface area (Å²) in [4.78, 5) is 13.3. The normalized spacial score (nSPS) is 11.3. The van der Waals surface area contributed by atoms with E-state index in [1.165, 1.54) is 6.92 Å². The van der Waals surface area contributed by atoms with Crippen molar-refractivity contribution in [3.05, 3.63) is 39.2 Å². The van der Waals surface area contributed by atoms with Crippen LogP contribution in [0.1, 0.15) is 5.82 Å². The van der Waals surface area contributed by atoms with Crippen molar-refractivity contribution in [2.75, 3.05) is 4.72 Å². The third-order valence-electron chi connectivity index (χ3n) is 2.17. The monoisotopic (exact) mass is 318 g/mol. The first-order chi connectivity index (χ1) is 9.29. The molecule has 0 saturated carbocycles. The summed E-state index contributed by atoms with van der Waals surface area (Å²) in [5, 5.41) is 14.0. The minimum atomic E-state index is -4.08. The molecule has 0 aliphatic heterocycles. The summed E-state index contributed by atoms with van der Waals surface area (Å²) in [6.45, 7) is 1.51. The Morgan fingerprint density at radius 2 is 2.15 bits per heavy atom. The summed E-state index contributed by atoms with van der Waals surface area (Å²) in [6.07, 6.45) is 0. The number of aromatic nitrogens is 2. The van der Waals surface area contributed by atoms with Gasteiger partial charge in [-0.2, -0.15) is 4.98 Å². The van der Waals surface area contributed by atoms with Gasteiger partial charge in [0.1, 0.15) is 5.02 Å². The molecule has 0 bridgehead atoms. The van der Waals surface area contributed by atoms with Crippen LogP contribution in [0, 0.1) is 17.0 Å². The minimum Gasteiger partial charge on any atom is -0.314 e. The molecule has 0 spiro atoms. The third kappa shape index (κ3) is 2.86. The molecule has 2 rings (SSSR count). The molecule has 0 saturated heterocycles. The van der Waals surface area contributed by atoms with Gasteiger partial charge < -0.3 is 4.52 Å². The summed E-state index contributed by atoms with van der Waals surface area (Å²) >= 11 is 5.61. The maximum Gasteiger partial charge on any atom is 0.335 e. The maximum atomic E-state index is 12.0. The molecule has 1 N–H and O–H groups in total. The Balaban J connectivity index is 2.39. The molecule has 0 atom stereocenters. The van der Waals surface area contributed by atoms with E-state index in [9.17, 15) is 18.5 Å². The number of rotatable bonds is 4. The van der Waals surface area contributed by atoms with Crippen molar-refractivity contribution in [1.82, 2.24) is 10.1 Å². The predicted octanol–water partition coefficient (Wildman–Crippen LogP) is 1.74. The van der Waals surface area contributed by atoms with Crippen molar-refractivity contribution in [3.63, 3.8) is 0 Å². The van der Waals surface area contributed by atoms with Crippen LogP contribution in [0.3, 0.4) is 0 Å². The van der Waals surface area contributed by atoms with E-state index in [4.69, 9.17) is 11.6 Å². The van der Waals surface area contributed by atoms with Crippen LogP contribution in [0.15, 0.2) is 27.6 Å². The number of hydrogen-bond donors (Lipinski definition) is 1. The number of nitro benzene ring substituents is 1. The van der Waals surface area contributed by atoms with Gasteiger partial charge in [-0.3, -0.25) is 10.1 Å². The number of benzene rings is 1. The first-order valence-corrected chi connectivity index (χ1v) is 6.93. The number of halogens is 1. The number of nitrogens with one attached hydrogen (secondary N) is 1. The first-order valence-electron chi connectivity index (χ1n) is 5.06. The van der Waals surface area contributed by atoms with Crippen LogP contribution in [0.5, 0.6) is 0 Å². The fraction of sp³-hybridized carbons (Fsp3) is 0.111. The van der Waals surface area contributed by atoms with Gasteiger partial charge in [-0.1, -0.05) is 16.8 Å². The van der Waals surface area contributed by atoms with E-state index in [0.29, 0.717) is 0 Å². The fourth-order valence-corrected chi connectivity index (χ4v) is 2.44. The average Bonchev–Trinajstić information content (AvgIpc) is 2.73. The van der Waals surface area contributed by atoms with Crippen LogP contribution in [0.2, 0.25) is 5.02 Å². The highest BCUT2D eigenvalue weighted by atomic mass is 35.5. The van der Waals surface area contributed by atoms with Crippen LogP contribution < -0.4 is 4.72 Å². The number of hydrogen-bond acceptors (Lipinski definition) is 7. The highest BCUT2D eigenvalue weighted by molar-refractivity contribution is 7.92. The lowest BCUT2D eigenvalue weighted by Gasteiger charge is -2.04. The molecule has 0 aliphatic rings. The van der Waals surface area contributed by atoms with Crippen molar-refractivity contribution in [1.29, 1.82) is 0 Å². The van der Waals surface area contributed by atoms with Crippen molar-refractivity contribution in [3.8, 4) is 0 Å². The van der Waals surface area contributed by atoms with Crippen LogP contribution in [-0.4, -0.2) is 23.5 Å². The smallest absolute Gasteiger partial charge is 0.314 e. The summed E-state index contributed by atoms with van der Waals surface area (Å²) in [7, 11) is -4.08. The molecule has 106 valence electrons. The molecule has 9 nitrogen and oxygen atoms in total. The Labute approximate surface area is 117 Å². The molecule has 11 heteroatoms. The lowest BCUT2D eigenvalue weighted by molar-refractivity contribution is -0.384. The zero-order valence-electron chi connectivity index (χ0n) is 9.90. The standard InChI is InChI=1S/C9H7ClN4O5S/c1-5-11-9(19-12-5)13-20(17,18)6-2-3-7(10)8(4-6)14(15)16/h2-4H,1H3,(H,11,12,13). The molecule has 0 fully saturated rings. The van der Waals surface area contributed by atoms with Crippen molar-refractivity contribution in [2.24, 2.45) is 0 Å². The highest BCUT2D eigenvalue weighted by Crippen LogP contribution is 2.27. The van der Waals surface area contributed by atoms with Gasteiger partial charge in [0.25, 0.3) is 15.7 Å². The van der Waals surface area contributed by atoms with E-state index in [0.717, 1.165) is 18.2 Å². The van der Waals surface area contributed by atoms with Crippen molar-refractivity contribution in [2.45, 2.75) is 11.8 Å². The number of anilines is 1. The Bertz CT molecular complexity index is 772. The molecular weight excluding hydrogens is 312 g/mol. The lowest BCUT2D eigenvalue weighted by Crippen LogP contribution is -2.13. The SMILES string of the molecule is Cc1noc(NS(=O)(=O)c2ccc(Cl)c([N+](=O)[O-])c2)n1. The summed E-state index contributed by atoms with van der Waals surface area (Å²) in [5.74, 6) is 0.241. The fourth-order valence-electron chi connectivity index (χ4n) is 1.31. The summed E-state index contributed by atoms with van der Waals surface area (Å²) < 4.78 is 30.6. The number of nitro groups is 1. The van der Waals surface area contributed by atoms with Gasteiger partial charge in [-0.25, -0.2) is 13.1 Å². The largest absolute Gasteiger partial charge is 0.335 e. The molecule has 1 aromatic heterocycles. The molecule has 1 aromatic carbocycles. The molecule has 1 heterocycles. The second-order valence-electron chi connectivity index (χ2n) is 3.62. The molecular formula is C9H7ClN4O5S. The summed E-state index contributed by atoms with van der Waals surface area (Å²) in [6, 6.07) is 2.75. The van der Waals surface area contributed by atoms with Gasteiger partial charge in [0.15, 0.2) is 5.82 Å². The molecule has 0 radical (unpaired) electrons. The topological polar surface area (TPSA) is 128 Å². The Morgan fingerprint density at radius 3 is 2.70 bits per heavy atom. The Kier molecular flexibility index (Phi) is 3.59. The zero-order valence-corrected chi connectivity index (χ0v) is 11.5. The maximum absolute atomic E-state index is 12.0. The lowest BCUT2D eigenvalue weighted by atomic mass is 10.3. The van der Waals surface area contributed by atoms with Crippen LogP contribution in [-0.2, 0) is 10.0 Å². The highest BCUT2D eigenvalue weighted by Gasteiger charge is 2.22. The van der Waals surface area contributed by atoms with Crippen molar-refractivity contribution < 1.29 is 17.9 Å². The van der Waals surface area contributed by atoms with E-state index in [2.05, 4.69) is 14.7 Å². The second-order valence-corrected chi connectivity index (χ2v) is 5.71. The molecule has 2 aromatic rings. The van der Waals surface area contributed by atoms with Gasteiger partial charge in [0.05, 0.1) is 9.82 Å². The Morgan fingerprint density at radius 1 is 1.45 bits per heavy atom. The number of sulfonamides is 1. The second kappa shape index (κ2) is 5.06.